The highest BCUT2D eigenvalue weighted by atomic mass is 79.9. The molecule has 0 aliphatic heterocycles. The van der Waals surface area contributed by atoms with E-state index in [1.54, 1.807) is 24.3 Å². The van der Waals surface area contributed by atoms with E-state index in [2.05, 4.69) is 41.6 Å². The molecule has 94 valence electrons. The first-order valence-electron chi connectivity index (χ1n) is 4.87. The summed E-state index contributed by atoms with van der Waals surface area (Å²) in [4.78, 5) is 4.14. The van der Waals surface area contributed by atoms with Crippen LogP contribution in [-0.2, 0) is 10.0 Å². The molecule has 1 N–H and O–H groups in total. The van der Waals surface area contributed by atoms with E-state index in [1.807, 2.05) is 0 Å². The summed E-state index contributed by atoms with van der Waals surface area (Å²) < 4.78 is 28.0. The molecule has 0 saturated carbocycles. The number of hydrogen-bond donors (Lipinski definition) is 1. The molecule has 0 aliphatic rings. The molecule has 0 spiro atoms. The molecule has 0 fully saturated rings. The second-order valence-corrected chi connectivity index (χ2v) is 6.94. The van der Waals surface area contributed by atoms with Crippen LogP contribution in [0.15, 0.2) is 56.4 Å². The van der Waals surface area contributed by atoms with Gasteiger partial charge in [-0.3, -0.25) is 4.72 Å². The number of anilines is 1. The van der Waals surface area contributed by atoms with Crippen LogP contribution in [0.1, 0.15) is 0 Å². The summed E-state index contributed by atoms with van der Waals surface area (Å²) in [6.45, 7) is 0. The van der Waals surface area contributed by atoms with Crippen LogP contribution in [0.2, 0.25) is 0 Å². The molecule has 18 heavy (non-hydrogen) atoms. The third-order valence-corrected chi connectivity index (χ3v) is 4.39. The Bertz CT molecular complexity index is 657. The van der Waals surface area contributed by atoms with Crippen molar-refractivity contribution in [2.24, 2.45) is 0 Å². The summed E-state index contributed by atoms with van der Waals surface area (Å²) in [5.41, 5.74) is 0. The molecule has 0 amide bonds. The Kier molecular flexibility index (Phi) is 4.04. The third kappa shape index (κ3) is 3.30. The van der Waals surface area contributed by atoms with Crippen molar-refractivity contribution in [3.8, 4) is 0 Å². The van der Waals surface area contributed by atoms with E-state index in [4.69, 9.17) is 0 Å². The first kappa shape index (κ1) is 13.5. The number of sulfonamides is 1. The lowest BCUT2D eigenvalue weighted by Crippen LogP contribution is -2.13. The quantitative estimate of drug-likeness (QED) is 0.872. The molecule has 7 heteroatoms. The number of pyridine rings is 1. The van der Waals surface area contributed by atoms with Gasteiger partial charge in [-0.05, 0) is 46.3 Å². The van der Waals surface area contributed by atoms with Gasteiger partial charge in [0.1, 0.15) is 5.82 Å². The van der Waals surface area contributed by atoms with Crippen molar-refractivity contribution in [3.63, 3.8) is 0 Å². The van der Waals surface area contributed by atoms with Gasteiger partial charge in [-0.2, -0.15) is 0 Å². The third-order valence-electron chi connectivity index (χ3n) is 2.07. The molecule has 1 aromatic carbocycles. The first-order chi connectivity index (χ1) is 8.47. The minimum Gasteiger partial charge on any atom is -0.263 e. The van der Waals surface area contributed by atoms with Crippen LogP contribution in [0.5, 0.6) is 0 Å². The van der Waals surface area contributed by atoms with Crippen molar-refractivity contribution >= 4 is 47.7 Å². The Hall–Kier alpha value is -0.920. The predicted molar refractivity (Wildman–Crippen MR) is 76.9 cm³/mol. The van der Waals surface area contributed by atoms with Crippen molar-refractivity contribution in [1.82, 2.24) is 4.98 Å². The number of rotatable bonds is 3. The number of nitrogens with one attached hydrogen (secondary N) is 1. The maximum absolute atomic E-state index is 12.1. The number of benzene rings is 1. The lowest BCUT2D eigenvalue weighted by Gasteiger charge is -2.07. The van der Waals surface area contributed by atoms with Crippen LogP contribution in [0, 0.1) is 0 Å². The highest BCUT2D eigenvalue weighted by Gasteiger charge is 2.14. The smallest absolute Gasteiger partial charge is 0.263 e. The Morgan fingerprint density at radius 2 is 1.83 bits per heavy atom. The summed E-state index contributed by atoms with van der Waals surface area (Å²) in [7, 11) is -3.61. The molecule has 2 rings (SSSR count). The fourth-order valence-electron chi connectivity index (χ4n) is 1.27. The number of hydrogen-bond acceptors (Lipinski definition) is 3. The summed E-state index contributed by atoms with van der Waals surface area (Å²) in [5, 5.41) is 0. The molecule has 0 atom stereocenters. The van der Waals surface area contributed by atoms with Crippen LogP contribution in [0.25, 0.3) is 0 Å². The normalized spacial score (nSPS) is 11.2. The van der Waals surface area contributed by atoms with Crippen molar-refractivity contribution in [1.29, 1.82) is 0 Å². The van der Waals surface area contributed by atoms with E-state index in [0.717, 1.165) is 4.47 Å². The zero-order valence-corrected chi connectivity index (χ0v) is 13.0. The molecule has 0 saturated heterocycles. The molecule has 0 unspecified atom stereocenters. The largest absolute Gasteiger partial charge is 0.263 e. The molecule has 0 bridgehead atoms. The topological polar surface area (TPSA) is 59.1 Å². The summed E-state index contributed by atoms with van der Waals surface area (Å²) in [6.07, 6.45) is 1.53. The van der Waals surface area contributed by atoms with Gasteiger partial charge in [0.15, 0.2) is 0 Å². The van der Waals surface area contributed by atoms with Crippen LogP contribution in [0.3, 0.4) is 0 Å². The number of nitrogens with zero attached hydrogens (tertiary/aromatic N) is 1. The Morgan fingerprint density at radius 1 is 1.06 bits per heavy atom. The lowest BCUT2D eigenvalue weighted by atomic mass is 10.4. The molecule has 0 radical (unpaired) electrons. The van der Waals surface area contributed by atoms with Crippen LogP contribution in [0.4, 0.5) is 5.82 Å². The monoisotopic (exact) mass is 390 g/mol. The van der Waals surface area contributed by atoms with E-state index >= 15 is 0 Å². The van der Waals surface area contributed by atoms with Gasteiger partial charge in [0.05, 0.1) is 4.90 Å². The average Bonchev–Trinajstić information content (AvgIpc) is 2.32. The molecule has 1 aromatic heterocycles. The van der Waals surface area contributed by atoms with Gasteiger partial charge in [0.2, 0.25) is 0 Å². The van der Waals surface area contributed by atoms with Crippen molar-refractivity contribution in [2.75, 3.05) is 4.72 Å². The zero-order chi connectivity index (χ0) is 13.2. The maximum atomic E-state index is 12.1. The van der Waals surface area contributed by atoms with Crippen LogP contribution in [-0.4, -0.2) is 13.4 Å². The summed E-state index contributed by atoms with van der Waals surface area (Å²) >= 11 is 6.47. The minimum absolute atomic E-state index is 0.182. The summed E-state index contributed by atoms with van der Waals surface area (Å²) in [6, 6.07) is 9.77. The van der Waals surface area contributed by atoms with Gasteiger partial charge >= 0.3 is 0 Å². The maximum Gasteiger partial charge on any atom is 0.263 e. The standard InChI is InChI=1S/C11H8Br2N2O2S/c12-8-2-1-3-10(6-8)18(16,17)15-11-5-4-9(13)7-14-11/h1-7H,(H,14,15). The number of aromatic nitrogens is 1. The fraction of sp³-hybridized carbons (Fsp3) is 0. The second-order valence-electron chi connectivity index (χ2n) is 3.42. The average molecular weight is 392 g/mol. The molecule has 0 aliphatic carbocycles. The Morgan fingerprint density at radius 3 is 2.44 bits per heavy atom. The Labute approximate surface area is 122 Å². The summed E-state index contributed by atoms with van der Waals surface area (Å²) in [5.74, 6) is 0.276. The van der Waals surface area contributed by atoms with Gasteiger partial charge in [0.25, 0.3) is 10.0 Å². The molecular formula is C11H8Br2N2O2S. The minimum atomic E-state index is -3.61. The van der Waals surface area contributed by atoms with Crippen molar-refractivity contribution < 1.29 is 8.42 Å². The van der Waals surface area contributed by atoms with Crippen LogP contribution < -0.4 is 4.72 Å². The molecular weight excluding hydrogens is 384 g/mol. The van der Waals surface area contributed by atoms with E-state index in [-0.39, 0.29) is 10.7 Å². The SMILES string of the molecule is O=S(=O)(Nc1ccc(Br)cn1)c1cccc(Br)c1. The van der Waals surface area contributed by atoms with E-state index in [9.17, 15) is 8.42 Å². The fourth-order valence-corrected chi connectivity index (χ4v) is 3.11. The van der Waals surface area contributed by atoms with Gasteiger partial charge in [-0.1, -0.05) is 22.0 Å². The zero-order valence-electron chi connectivity index (χ0n) is 8.97. The van der Waals surface area contributed by atoms with E-state index in [1.165, 1.54) is 18.3 Å². The van der Waals surface area contributed by atoms with Gasteiger partial charge in [-0.25, -0.2) is 13.4 Å². The highest BCUT2D eigenvalue weighted by molar-refractivity contribution is 9.10. The molecule has 1 heterocycles. The second kappa shape index (κ2) is 5.38. The highest BCUT2D eigenvalue weighted by Crippen LogP contribution is 2.19. The van der Waals surface area contributed by atoms with Crippen molar-refractivity contribution in [2.45, 2.75) is 4.90 Å². The van der Waals surface area contributed by atoms with E-state index in [0.29, 0.717) is 4.47 Å². The number of halogens is 2. The van der Waals surface area contributed by atoms with Gasteiger partial charge in [0, 0.05) is 15.1 Å². The van der Waals surface area contributed by atoms with Gasteiger partial charge in [-0.15, -0.1) is 0 Å². The molecule has 4 nitrogen and oxygen atoms in total. The van der Waals surface area contributed by atoms with Crippen molar-refractivity contribution in [3.05, 3.63) is 51.5 Å². The molecule has 2 aromatic rings. The Balaban J connectivity index is 2.30. The van der Waals surface area contributed by atoms with Gasteiger partial charge < -0.3 is 0 Å². The van der Waals surface area contributed by atoms with E-state index < -0.39 is 10.0 Å². The first-order valence-corrected chi connectivity index (χ1v) is 7.94. The lowest BCUT2D eigenvalue weighted by molar-refractivity contribution is 0.601. The predicted octanol–water partition coefficient (Wildman–Crippen LogP) is 3.41. The van der Waals surface area contributed by atoms with Crippen LogP contribution >= 0.6 is 31.9 Å².